The fourth-order valence-electron chi connectivity index (χ4n) is 6.41. The van der Waals surface area contributed by atoms with E-state index in [4.69, 9.17) is 0 Å². The standard InChI is InChI=1S/C39H67N2/c1-3-5-7-9-11-13-15-16-17-19-21-23-25-27-29-36(28-26-24-22-20-18-14-12-10-8-6-4-2)37-30-32-38(33-31-37)39-40-34-35-41-39/h30-36H,3-29H2,1-2H3/q+1. The van der Waals surface area contributed by atoms with Crippen LogP contribution in [0.15, 0.2) is 34.3 Å². The molecule has 0 fully saturated rings. The minimum Gasteiger partial charge on any atom is -0.147 e. The largest absolute Gasteiger partial charge is 0.243 e. The zero-order valence-corrected chi connectivity index (χ0v) is 27.5. The molecule has 1 aromatic rings. The average Bonchev–Trinajstić information content (AvgIpc) is 3.54. The van der Waals surface area contributed by atoms with Crippen LogP contribution in [0.3, 0.4) is 0 Å². The van der Waals surface area contributed by atoms with Crippen molar-refractivity contribution in [3.05, 3.63) is 41.6 Å². The molecule has 0 N–H and O–H groups in total. The van der Waals surface area contributed by atoms with Crippen molar-refractivity contribution in [2.24, 2.45) is 9.98 Å². The normalized spacial score (nSPS) is 13.5. The fraction of sp³-hybridized carbons (Fsp3) is 0.769. The third-order valence-electron chi connectivity index (χ3n) is 9.16. The van der Waals surface area contributed by atoms with Gasteiger partial charge in [0.1, 0.15) is 18.0 Å². The van der Waals surface area contributed by atoms with Crippen molar-refractivity contribution in [3.8, 4) is 0 Å². The maximum Gasteiger partial charge on any atom is 0.243 e. The molecule has 1 unspecified atom stereocenters. The van der Waals surface area contributed by atoms with E-state index in [9.17, 15) is 0 Å². The predicted molar refractivity (Wildman–Crippen MR) is 185 cm³/mol. The van der Waals surface area contributed by atoms with Crippen molar-refractivity contribution in [1.29, 1.82) is 0 Å². The van der Waals surface area contributed by atoms with Crippen molar-refractivity contribution < 1.29 is 0 Å². The lowest BCUT2D eigenvalue weighted by molar-refractivity contribution is 0.480. The Kier molecular flexibility index (Phi) is 22.7. The van der Waals surface area contributed by atoms with Crippen molar-refractivity contribution in [2.45, 2.75) is 193 Å². The Hall–Kier alpha value is -1.57. The van der Waals surface area contributed by atoms with Gasteiger partial charge in [0.25, 0.3) is 0 Å². The zero-order chi connectivity index (χ0) is 29.1. The minimum atomic E-state index is 0.709. The topological polar surface area (TPSA) is 24.7 Å². The molecule has 0 radical (unpaired) electrons. The molecule has 1 aromatic carbocycles. The number of unbranched alkanes of at least 4 members (excludes halogenated alkanes) is 23. The van der Waals surface area contributed by atoms with Crippen molar-refractivity contribution >= 4 is 12.4 Å². The molecule has 1 atom stereocenters. The molecule has 1 aliphatic heterocycles. The summed E-state index contributed by atoms with van der Waals surface area (Å²) in [4.78, 5) is 8.76. The van der Waals surface area contributed by atoms with E-state index in [0.29, 0.717) is 5.92 Å². The van der Waals surface area contributed by atoms with E-state index in [-0.39, 0.29) is 0 Å². The van der Waals surface area contributed by atoms with E-state index < -0.39 is 0 Å². The minimum absolute atomic E-state index is 0.709. The van der Waals surface area contributed by atoms with Gasteiger partial charge >= 0.3 is 0 Å². The van der Waals surface area contributed by atoms with Gasteiger partial charge in [-0.3, -0.25) is 0 Å². The molecule has 0 aromatic heterocycles. The van der Waals surface area contributed by atoms with Crippen LogP contribution in [0, 0.1) is 6.17 Å². The van der Waals surface area contributed by atoms with Gasteiger partial charge < -0.3 is 0 Å². The van der Waals surface area contributed by atoms with E-state index in [1.54, 1.807) is 12.4 Å². The van der Waals surface area contributed by atoms with Gasteiger partial charge in [-0.25, -0.2) is 0 Å². The van der Waals surface area contributed by atoms with Crippen LogP contribution in [-0.2, 0) is 0 Å². The van der Waals surface area contributed by atoms with E-state index in [0.717, 1.165) is 11.7 Å². The first-order valence-corrected chi connectivity index (χ1v) is 18.4. The van der Waals surface area contributed by atoms with Gasteiger partial charge in [-0.05, 0) is 36.5 Å². The second kappa shape index (κ2) is 26.1. The summed E-state index contributed by atoms with van der Waals surface area (Å²) in [6, 6.07) is 9.20. The molecule has 232 valence electrons. The van der Waals surface area contributed by atoms with Crippen LogP contribution in [0.2, 0.25) is 0 Å². The molecule has 1 aliphatic rings. The van der Waals surface area contributed by atoms with Crippen LogP contribution in [0.5, 0.6) is 0 Å². The Morgan fingerprint density at radius 2 is 0.756 bits per heavy atom. The van der Waals surface area contributed by atoms with Crippen LogP contribution in [0.4, 0.5) is 0 Å². The van der Waals surface area contributed by atoms with Gasteiger partial charge in [0.15, 0.2) is 0 Å². The van der Waals surface area contributed by atoms with E-state index in [1.807, 2.05) is 0 Å². The number of aliphatic imine (C=N–C) groups is 2. The third kappa shape index (κ3) is 18.6. The first kappa shape index (κ1) is 35.6. The van der Waals surface area contributed by atoms with Gasteiger partial charge in [0.2, 0.25) is 6.17 Å². The summed E-state index contributed by atoms with van der Waals surface area (Å²) in [6.07, 6.45) is 42.9. The Morgan fingerprint density at radius 3 is 1.10 bits per heavy atom. The molecule has 2 heteroatoms. The molecular formula is C39H67N2+. The lowest BCUT2D eigenvalue weighted by Crippen LogP contribution is -2.01. The van der Waals surface area contributed by atoms with Crippen LogP contribution >= 0.6 is 0 Å². The van der Waals surface area contributed by atoms with Gasteiger partial charge in [-0.2, -0.15) is 0 Å². The molecule has 1 heterocycles. The summed E-state index contributed by atoms with van der Waals surface area (Å²) in [5.41, 5.74) is 2.67. The van der Waals surface area contributed by atoms with Gasteiger partial charge in [0, 0.05) is 12.1 Å². The Bertz CT molecular complexity index is 737. The van der Waals surface area contributed by atoms with Crippen molar-refractivity contribution in [1.82, 2.24) is 0 Å². The van der Waals surface area contributed by atoms with E-state index >= 15 is 0 Å². The molecule has 0 saturated heterocycles. The molecular weight excluding hydrogens is 496 g/mol. The quantitative estimate of drug-likeness (QED) is 0.0684. The number of nitrogens with zero attached hydrogens (tertiary/aromatic N) is 2. The predicted octanol–water partition coefficient (Wildman–Crippen LogP) is 13.3. The fourth-order valence-corrected chi connectivity index (χ4v) is 6.41. The summed E-state index contributed by atoms with van der Waals surface area (Å²) in [5, 5.41) is 0. The molecule has 0 bridgehead atoms. The smallest absolute Gasteiger partial charge is 0.147 e. The summed E-state index contributed by atoms with van der Waals surface area (Å²) >= 11 is 0. The number of hydrogen-bond acceptors (Lipinski definition) is 2. The molecule has 0 amide bonds. The number of benzene rings is 1. The highest BCUT2D eigenvalue weighted by atomic mass is 15.0. The molecule has 2 nitrogen and oxygen atoms in total. The Balaban J connectivity index is 1.59. The molecule has 0 saturated carbocycles. The zero-order valence-electron chi connectivity index (χ0n) is 27.5. The number of hydrogen-bond donors (Lipinski definition) is 0. The maximum absolute atomic E-state index is 4.38. The molecule has 41 heavy (non-hydrogen) atoms. The average molecular weight is 564 g/mol. The maximum atomic E-state index is 4.38. The lowest BCUT2D eigenvalue weighted by Gasteiger charge is -2.17. The van der Waals surface area contributed by atoms with Crippen molar-refractivity contribution in [3.63, 3.8) is 0 Å². The Labute approximate surface area is 256 Å². The molecule has 0 aliphatic carbocycles. The van der Waals surface area contributed by atoms with Gasteiger partial charge in [0.05, 0.1) is 0 Å². The van der Waals surface area contributed by atoms with Crippen molar-refractivity contribution in [2.75, 3.05) is 0 Å². The van der Waals surface area contributed by atoms with E-state index in [2.05, 4.69) is 48.1 Å². The lowest BCUT2D eigenvalue weighted by atomic mass is 9.87. The first-order valence-electron chi connectivity index (χ1n) is 18.4. The van der Waals surface area contributed by atoms with E-state index in [1.165, 1.54) is 179 Å². The first-order chi connectivity index (χ1) is 20.3. The Morgan fingerprint density at radius 1 is 0.439 bits per heavy atom. The summed E-state index contributed by atoms with van der Waals surface area (Å²) in [5.74, 6) is 0.709. The number of rotatable bonds is 29. The molecule has 0 spiro atoms. The second-order valence-electron chi connectivity index (χ2n) is 12.9. The highest BCUT2D eigenvalue weighted by Gasteiger charge is 2.19. The highest BCUT2D eigenvalue weighted by molar-refractivity contribution is 6.18. The van der Waals surface area contributed by atoms with Crippen LogP contribution in [0.1, 0.15) is 204 Å². The summed E-state index contributed by atoms with van der Waals surface area (Å²) < 4.78 is 0. The van der Waals surface area contributed by atoms with Gasteiger partial charge in [-0.15, -0.1) is 9.98 Å². The van der Waals surface area contributed by atoms with Gasteiger partial charge in [-0.1, -0.05) is 174 Å². The SMILES string of the molecule is CCCCCCCCCCCCCCCCC(CCCCCCCCCCCCC)c1ccc([C+]2N=CC=N2)cc1. The molecule has 2 rings (SSSR count). The highest BCUT2D eigenvalue weighted by Crippen LogP contribution is 2.30. The van der Waals surface area contributed by atoms with Crippen LogP contribution in [0.25, 0.3) is 0 Å². The van der Waals surface area contributed by atoms with Crippen LogP contribution < -0.4 is 0 Å². The van der Waals surface area contributed by atoms with Crippen LogP contribution in [-0.4, -0.2) is 12.4 Å². The second-order valence-corrected chi connectivity index (χ2v) is 12.9. The monoisotopic (exact) mass is 564 g/mol. The third-order valence-corrected chi connectivity index (χ3v) is 9.16. The summed E-state index contributed by atoms with van der Waals surface area (Å²) in [6.45, 7) is 4.61. The summed E-state index contributed by atoms with van der Waals surface area (Å²) in [7, 11) is 0.